The standard InChI is InChI=1S/C16H26N2/c1-17-10-3-4-11-18(2)13-14-8-9-15-6-5-7-16(15)12-14/h8-9,12,17H,3-7,10-11,13H2,1-2H3. The van der Waals surface area contributed by atoms with Crippen LogP contribution in [0.15, 0.2) is 18.2 Å². The van der Waals surface area contributed by atoms with Gasteiger partial charge in [-0.05, 0) is 76.0 Å². The van der Waals surface area contributed by atoms with Gasteiger partial charge in [-0.2, -0.15) is 0 Å². The molecule has 0 atom stereocenters. The maximum Gasteiger partial charge on any atom is 0.0230 e. The van der Waals surface area contributed by atoms with Gasteiger partial charge in [-0.25, -0.2) is 0 Å². The van der Waals surface area contributed by atoms with E-state index in [-0.39, 0.29) is 0 Å². The van der Waals surface area contributed by atoms with E-state index in [4.69, 9.17) is 0 Å². The molecule has 100 valence electrons. The van der Waals surface area contributed by atoms with Gasteiger partial charge in [0.2, 0.25) is 0 Å². The van der Waals surface area contributed by atoms with Crippen LogP contribution in [0.3, 0.4) is 0 Å². The minimum Gasteiger partial charge on any atom is -0.320 e. The highest BCUT2D eigenvalue weighted by Gasteiger charge is 2.11. The van der Waals surface area contributed by atoms with Gasteiger partial charge in [0, 0.05) is 6.54 Å². The summed E-state index contributed by atoms with van der Waals surface area (Å²) in [6.45, 7) is 3.41. The first kappa shape index (κ1) is 13.6. The summed E-state index contributed by atoms with van der Waals surface area (Å²) in [5, 5.41) is 3.20. The van der Waals surface area contributed by atoms with Crippen molar-refractivity contribution in [1.82, 2.24) is 10.2 Å². The third-order valence-corrected chi connectivity index (χ3v) is 3.83. The Bertz CT molecular complexity index is 373. The second-order valence-corrected chi connectivity index (χ2v) is 5.51. The van der Waals surface area contributed by atoms with Crippen LogP contribution in [0.25, 0.3) is 0 Å². The number of rotatable bonds is 7. The summed E-state index contributed by atoms with van der Waals surface area (Å²) in [5.74, 6) is 0. The molecule has 0 unspecified atom stereocenters. The molecule has 0 amide bonds. The highest BCUT2D eigenvalue weighted by Crippen LogP contribution is 2.23. The first-order chi connectivity index (χ1) is 8.79. The molecule has 0 heterocycles. The molecule has 0 fully saturated rings. The zero-order valence-electron chi connectivity index (χ0n) is 11.8. The number of unbranched alkanes of at least 4 members (excludes halogenated alkanes) is 1. The van der Waals surface area contributed by atoms with Crippen molar-refractivity contribution in [3.8, 4) is 0 Å². The largest absolute Gasteiger partial charge is 0.320 e. The summed E-state index contributed by atoms with van der Waals surface area (Å²) in [6.07, 6.45) is 6.47. The Morgan fingerprint density at radius 3 is 2.83 bits per heavy atom. The molecule has 0 aromatic heterocycles. The molecule has 0 saturated carbocycles. The smallest absolute Gasteiger partial charge is 0.0230 e. The van der Waals surface area contributed by atoms with Crippen LogP contribution in [-0.4, -0.2) is 32.1 Å². The number of nitrogens with one attached hydrogen (secondary N) is 1. The number of aryl methyl sites for hydroxylation is 2. The molecule has 1 aliphatic rings. The van der Waals surface area contributed by atoms with Crippen molar-refractivity contribution >= 4 is 0 Å². The van der Waals surface area contributed by atoms with Gasteiger partial charge in [0.15, 0.2) is 0 Å². The van der Waals surface area contributed by atoms with E-state index >= 15 is 0 Å². The van der Waals surface area contributed by atoms with E-state index in [0.29, 0.717) is 0 Å². The lowest BCUT2D eigenvalue weighted by Gasteiger charge is -2.17. The zero-order valence-corrected chi connectivity index (χ0v) is 11.8. The molecular formula is C16H26N2. The molecule has 2 nitrogen and oxygen atoms in total. The summed E-state index contributed by atoms with van der Waals surface area (Å²) in [7, 11) is 4.25. The summed E-state index contributed by atoms with van der Waals surface area (Å²) >= 11 is 0. The minimum atomic E-state index is 1.09. The number of hydrogen-bond donors (Lipinski definition) is 1. The van der Waals surface area contributed by atoms with Crippen molar-refractivity contribution in [3.63, 3.8) is 0 Å². The van der Waals surface area contributed by atoms with Crippen LogP contribution >= 0.6 is 0 Å². The van der Waals surface area contributed by atoms with Gasteiger partial charge < -0.3 is 10.2 Å². The fraction of sp³-hybridized carbons (Fsp3) is 0.625. The molecule has 1 aromatic rings. The second-order valence-electron chi connectivity index (χ2n) is 5.51. The fourth-order valence-electron chi connectivity index (χ4n) is 2.80. The molecule has 2 rings (SSSR count). The number of nitrogens with zero attached hydrogens (tertiary/aromatic N) is 1. The molecule has 1 aromatic carbocycles. The normalized spacial score (nSPS) is 14.2. The highest BCUT2D eigenvalue weighted by atomic mass is 15.1. The van der Waals surface area contributed by atoms with Crippen LogP contribution in [0.5, 0.6) is 0 Å². The Balaban J connectivity index is 1.78. The Hall–Kier alpha value is -0.860. The molecule has 1 N–H and O–H groups in total. The number of fused-ring (bicyclic) bond motifs is 1. The van der Waals surface area contributed by atoms with E-state index in [1.165, 1.54) is 44.2 Å². The Morgan fingerprint density at radius 2 is 2.00 bits per heavy atom. The van der Waals surface area contributed by atoms with Crippen molar-refractivity contribution in [3.05, 3.63) is 34.9 Å². The molecule has 0 spiro atoms. The third kappa shape index (κ3) is 3.82. The highest BCUT2D eigenvalue weighted by molar-refractivity contribution is 5.35. The lowest BCUT2D eigenvalue weighted by molar-refractivity contribution is 0.318. The van der Waals surface area contributed by atoms with Crippen molar-refractivity contribution < 1.29 is 0 Å². The zero-order chi connectivity index (χ0) is 12.8. The molecule has 0 radical (unpaired) electrons. The quantitative estimate of drug-likeness (QED) is 0.744. The Kier molecular flexibility index (Phi) is 5.21. The van der Waals surface area contributed by atoms with Crippen LogP contribution in [0.1, 0.15) is 36.0 Å². The third-order valence-electron chi connectivity index (χ3n) is 3.83. The summed E-state index contributed by atoms with van der Waals surface area (Å²) in [6, 6.07) is 7.08. The van der Waals surface area contributed by atoms with Crippen molar-refractivity contribution in [1.29, 1.82) is 0 Å². The molecule has 2 heteroatoms. The lowest BCUT2D eigenvalue weighted by Crippen LogP contribution is -2.20. The van der Waals surface area contributed by atoms with Gasteiger partial charge in [0.1, 0.15) is 0 Å². The predicted molar refractivity (Wildman–Crippen MR) is 78.0 cm³/mol. The SMILES string of the molecule is CNCCCCN(C)Cc1ccc2c(c1)CCC2. The molecular weight excluding hydrogens is 220 g/mol. The van der Waals surface area contributed by atoms with E-state index in [9.17, 15) is 0 Å². The van der Waals surface area contributed by atoms with E-state index in [1.54, 1.807) is 11.1 Å². The van der Waals surface area contributed by atoms with Crippen molar-refractivity contribution in [2.24, 2.45) is 0 Å². The first-order valence-electron chi connectivity index (χ1n) is 7.23. The second kappa shape index (κ2) is 6.91. The molecule has 0 aliphatic heterocycles. The van der Waals surface area contributed by atoms with E-state index in [1.807, 2.05) is 7.05 Å². The van der Waals surface area contributed by atoms with E-state index in [0.717, 1.165) is 13.1 Å². The number of benzene rings is 1. The van der Waals surface area contributed by atoms with Crippen LogP contribution in [0.4, 0.5) is 0 Å². The minimum absolute atomic E-state index is 1.09. The van der Waals surface area contributed by atoms with E-state index in [2.05, 4.69) is 35.5 Å². The van der Waals surface area contributed by atoms with Crippen molar-refractivity contribution in [2.45, 2.75) is 38.6 Å². The first-order valence-corrected chi connectivity index (χ1v) is 7.23. The average Bonchev–Trinajstić information content (AvgIpc) is 2.82. The topological polar surface area (TPSA) is 15.3 Å². The maximum absolute atomic E-state index is 3.20. The van der Waals surface area contributed by atoms with E-state index < -0.39 is 0 Å². The Morgan fingerprint density at radius 1 is 1.17 bits per heavy atom. The molecule has 0 saturated heterocycles. The van der Waals surface area contributed by atoms with Gasteiger partial charge in [-0.1, -0.05) is 18.2 Å². The molecule has 0 bridgehead atoms. The summed E-state index contributed by atoms with van der Waals surface area (Å²) in [5.41, 5.74) is 4.65. The van der Waals surface area contributed by atoms with Crippen molar-refractivity contribution in [2.75, 3.05) is 27.2 Å². The Labute approximate surface area is 111 Å². The van der Waals surface area contributed by atoms with Crippen LogP contribution in [0.2, 0.25) is 0 Å². The van der Waals surface area contributed by atoms with Crippen LogP contribution < -0.4 is 5.32 Å². The van der Waals surface area contributed by atoms with Gasteiger partial charge >= 0.3 is 0 Å². The number of hydrogen-bond acceptors (Lipinski definition) is 2. The average molecular weight is 246 g/mol. The summed E-state index contributed by atoms with van der Waals surface area (Å²) < 4.78 is 0. The van der Waals surface area contributed by atoms with Gasteiger partial charge in [0.25, 0.3) is 0 Å². The van der Waals surface area contributed by atoms with Gasteiger partial charge in [0.05, 0.1) is 0 Å². The molecule has 18 heavy (non-hydrogen) atoms. The molecule has 1 aliphatic carbocycles. The fourth-order valence-corrected chi connectivity index (χ4v) is 2.80. The van der Waals surface area contributed by atoms with Gasteiger partial charge in [-0.15, -0.1) is 0 Å². The monoisotopic (exact) mass is 246 g/mol. The predicted octanol–water partition coefficient (Wildman–Crippen LogP) is 2.61. The van der Waals surface area contributed by atoms with Crippen LogP contribution in [-0.2, 0) is 19.4 Å². The summed E-state index contributed by atoms with van der Waals surface area (Å²) in [4.78, 5) is 2.44. The maximum atomic E-state index is 3.20. The van der Waals surface area contributed by atoms with Gasteiger partial charge in [-0.3, -0.25) is 0 Å². The lowest BCUT2D eigenvalue weighted by atomic mass is 10.1. The van der Waals surface area contributed by atoms with Crippen LogP contribution in [0, 0.1) is 0 Å².